The van der Waals surface area contributed by atoms with Crippen LogP contribution in [0.3, 0.4) is 0 Å². The summed E-state index contributed by atoms with van der Waals surface area (Å²) >= 11 is 5.76. The van der Waals surface area contributed by atoms with Crippen LogP contribution < -0.4 is 5.73 Å². The van der Waals surface area contributed by atoms with E-state index in [2.05, 4.69) is 5.16 Å². The number of nitrogens with zero attached hydrogens (tertiary/aromatic N) is 1. The first-order valence-corrected chi connectivity index (χ1v) is 6.36. The summed E-state index contributed by atoms with van der Waals surface area (Å²) in [4.78, 5) is 16.4. The summed E-state index contributed by atoms with van der Waals surface area (Å²) in [6.45, 7) is 0. The number of carbonyl (C=O) groups excluding carboxylic acids is 1. The van der Waals surface area contributed by atoms with Gasteiger partial charge in [0.1, 0.15) is 0 Å². The third kappa shape index (κ3) is 4.10. The van der Waals surface area contributed by atoms with Crippen molar-refractivity contribution >= 4 is 23.4 Å². The molecule has 0 fully saturated rings. The van der Waals surface area contributed by atoms with Gasteiger partial charge in [0.15, 0.2) is 5.84 Å². The minimum atomic E-state index is -0.480. The van der Waals surface area contributed by atoms with Crippen LogP contribution in [0.4, 0.5) is 0 Å². The first-order chi connectivity index (χ1) is 9.65. The monoisotopic (exact) mass is 288 g/mol. The molecule has 20 heavy (non-hydrogen) atoms. The molecule has 0 aliphatic carbocycles. The van der Waals surface area contributed by atoms with Crippen molar-refractivity contribution in [3.8, 4) is 0 Å². The van der Waals surface area contributed by atoms with E-state index in [9.17, 15) is 4.79 Å². The Hall–Kier alpha value is -2.33. The van der Waals surface area contributed by atoms with Crippen molar-refractivity contribution in [3.05, 3.63) is 70.7 Å². The molecule has 5 heteroatoms. The van der Waals surface area contributed by atoms with Crippen molar-refractivity contribution < 1.29 is 9.63 Å². The number of benzene rings is 2. The number of halogens is 1. The van der Waals surface area contributed by atoms with Gasteiger partial charge in [-0.15, -0.1) is 0 Å². The second kappa shape index (κ2) is 6.73. The highest BCUT2D eigenvalue weighted by atomic mass is 35.5. The molecule has 0 bridgehead atoms. The zero-order chi connectivity index (χ0) is 14.4. The van der Waals surface area contributed by atoms with Crippen molar-refractivity contribution in [2.45, 2.75) is 6.42 Å². The van der Waals surface area contributed by atoms with Crippen LogP contribution in [0.15, 0.2) is 59.8 Å². The van der Waals surface area contributed by atoms with Gasteiger partial charge in [-0.05, 0) is 17.7 Å². The smallest absolute Gasteiger partial charge is 0.339 e. The van der Waals surface area contributed by atoms with E-state index in [4.69, 9.17) is 22.2 Å². The summed E-state index contributed by atoms with van der Waals surface area (Å²) in [5, 5.41) is 4.25. The van der Waals surface area contributed by atoms with E-state index in [-0.39, 0.29) is 12.3 Å². The zero-order valence-electron chi connectivity index (χ0n) is 10.6. The van der Waals surface area contributed by atoms with Gasteiger partial charge in [0.25, 0.3) is 0 Å². The van der Waals surface area contributed by atoms with Crippen LogP contribution in [0.5, 0.6) is 0 Å². The van der Waals surface area contributed by atoms with E-state index in [0.29, 0.717) is 10.6 Å². The minimum Gasteiger partial charge on any atom is -0.380 e. The van der Waals surface area contributed by atoms with Gasteiger partial charge in [-0.2, -0.15) is 0 Å². The van der Waals surface area contributed by atoms with Gasteiger partial charge in [0.2, 0.25) is 0 Å². The molecule has 0 spiro atoms. The number of amidine groups is 1. The molecule has 0 saturated heterocycles. The van der Waals surface area contributed by atoms with Crippen molar-refractivity contribution in [1.82, 2.24) is 0 Å². The summed E-state index contributed by atoms with van der Waals surface area (Å²) in [6.07, 6.45) is 0.114. The molecule has 102 valence electrons. The molecule has 2 aromatic rings. The number of oxime groups is 1. The van der Waals surface area contributed by atoms with E-state index in [1.807, 2.05) is 18.2 Å². The van der Waals surface area contributed by atoms with Gasteiger partial charge in [0.05, 0.1) is 6.42 Å². The quantitative estimate of drug-likeness (QED) is 0.407. The number of carbonyl (C=O) groups is 1. The van der Waals surface area contributed by atoms with Crippen molar-refractivity contribution in [3.63, 3.8) is 0 Å². The third-order valence-corrected chi connectivity index (χ3v) is 2.83. The minimum absolute atomic E-state index is 0.114. The molecular weight excluding hydrogens is 276 g/mol. The lowest BCUT2D eigenvalue weighted by molar-refractivity contribution is -0.142. The highest BCUT2D eigenvalue weighted by Crippen LogP contribution is 2.10. The van der Waals surface area contributed by atoms with E-state index >= 15 is 0 Å². The van der Waals surface area contributed by atoms with Crippen molar-refractivity contribution in [2.24, 2.45) is 10.9 Å². The molecule has 0 aromatic heterocycles. The maximum absolute atomic E-state index is 11.6. The molecule has 2 N–H and O–H groups in total. The zero-order valence-corrected chi connectivity index (χ0v) is 11.4. The van der Waals surface area contributed by atoms with Gasteiger partial charge in [-0.1, -0.05) is 59.2 Å². The summed E-state index contributed by atoms with van der Waals surface area (Å²) in [5.41, 5.74) is 7.21. The third-order valence-electron chi connectivity index (χ3n) is 2.58. The fraction of sp³-hybridized carbons (Fsp3) is 0.0667. The molecule has 0 saturated carbocycles. The highest BCUT2D eigenvalue weighted by Gasteiger charge is 2.06. The predicted molar refractivity (Wildman–Crippen MR) is 78.4 cm³/mol. The van der Waals surface area contributed by atoms with Gasteiger partial charge in [-0.25, -0.2) is 4.79 Å². The lowest BCUT2D eigenvalue weighted by Gasteiger charge is -2.01. The topological polar surface area (TPSA) is 64.7 Å². The summed E-state index contributed by atoms with van der Waals surface area (Å²) in [6, 6.07) is 16.0. The first-order valence-electron chi connectivity index (χ1n) is 5.98. The second-order valence-electron chi connectivity index (χ2n) is 4.11. The van der Waals surface area contributed by atoms with Gasteiger partial charge < -0.3 is 10.6 Å². The standard InChI is InChI=1S/C15H13ClN2O2/c16-13-8-6-11(7-9-13)10-14(19)20-18-15(17)12-4-2-1-3-5-12/h1-9H,10H2,(H2,17,18). The van der Waals surface area contributed by atoms with Crippen LogP contribution >= 0.6 is 11.6 Å². The fourth-order valence-electron chi connectivity index (χ4n) is 1.56. The van der Waals surface area contributed by atoms with E-state index < -0.39 is 5.97 Å². The van der Waals surface area contributed by atoms with Crippen LogP contribution in [0.25, 0.3) is 0 Å². The largest absolute Gasteiger partial charge is 0.380 e. The van der Waals surface area contributed by atoms with Crippen molar-refractivity contribution in [2.75, 3.05) is 0 Å². The van der Waals surface area contributed by atoms with Gasteiger partial charge in [-0.3, -0.25) is 0 Å². The molecule has 0 atom stereocenters. The Balaban J connectivity index is 1.93. The van der Waals surface area contributed by atoms with Gasteiger partial charge in [0, 0.05) is 10.6 Å². The van der Waals surface area contributed by atoms with Gasteiger partial charge >= 0.3 is 5.97 Å². The molecule has 0 heterocycles. The molecular formula is C15H13ClN2O2. The maximum atomic E-state index is 11.6. The van der Waals surface area contributed by atoms with Crippen LogP contribution in [0.1, 0.15) is 11.1 Å². The highest BCUT2D eigenvalue weighted by molar-refractivity contribution is 6.30. The number of hydrogen-bond donors (Lipinski definition) is 1. The summed E-state index contributed by atoms with van der Waals surface area (Å²) < 4.78 is 0. The summed E-state index contributed by atoms with van der Waals surface area (Å²) in [7, 11) is 0. The molecule has 0 unspecified atom stereocenters. The fourth-order valence-corrected chi connectivity index (χ4v) is 1.69. The lowest BCUT2D eigenvalue weighted by atomic mass is 10.2. The lowest BCUT2D eigenvalue weighted by Crippen LogP contribution is -2.15. The Morgan fingerprint density at radius 1 is 1.10 bits per heavy atom. The molecule has 0 aliphatic rings. The van der Waals surface area contributed by atoms with Crippen LogP contribution in [-0.4, -0.2) is 11.8 Å². The Bertz CT molecular complexity index is 610. The maximum Gasteiger partial charge on any atom is 0.339 e. The van der Waals surface area contributed by atoms with Crippen LogP contribution in [0.2, 0.25) is 5.02 Å². The molecule has 4 nitrogen and oxygen atoms in total. The Labute approximate surface area is 121 Å². The molecule has 2 aromatic carbocycles. The Kier molecular flexibility index (Phi) is 4.74. The van der Waals surface area contributed by atoms with E-state index in [1.54, 1.807) is 36.4 Å². The second-order valence-corrected chi connectivity index (χ2v) is 4.55. The van der Waals surface area contributed by atoms with Crippen molar-refractivity contribution in [1.29, 1.82) is 0 Å². The number of hydrogen-bond acceptors (Lipinski definition) is 3. The summed E-state index contributed by atoms with van der Waals surface area (Å²) in [5.74, 6) is -0.318. The number of rotatable bonds is 4. The van der Waals surface area contributed by atoms with Crippen LogP contribution in [-0.2, 0) is 16.1 Å². The Morgan fingerprint density at radius 3 is 2.40 bits per heavy atom. The predicted octanol–water partition coefficient (Wildman–Crippen LogP) is 2.75. The first kappa shape index (κ1) is 14.1. The normalized spacial score (nSPS) is 11.2. The molecule has 0 radical (unpaired) electrons. The Morgan fingerprint density at radius 2 is 1.75 bits per heavy atom. The average Bonchev–Trinajstić information content (AvgIpc) is 2.48. The van der Waals surface area contributed by atoms with Crippen LogP contribution in [0, 0.1) is 0 Å². The SMILES string of the molecule is N/C(=N\OC(=O)Cc1ccc(Cl)cc1)c1ccccc1. The molecule has 2 rings (SSSR count). The molecule has 0 amide bonds. The van der Waals surface area contributed by atoms with E-state index in [0.717, 1.165) is 5.56 Å². The average molecular weight is 289 g/mol. The van der Waals surface area contributed by atoms with E-state index in [1.165, 1.54) is 0 Å². The molecule has 0 aliphatic heterocycles. The number of nitrogens with two attached hydrogens (primary N) is 1.